The highest BCUT2D eigenvalue weighted by atomic mass is 16.2. The monoisotopic (exact) mass is 195 g/mol. The number of rotatable bonds is 3. The van der Waals surface area contributed by atoms with Gasteiger partial charge in [-0.2, -0.15) is 5.26 Å². The molecule has 0 bridgehead atoms. The Bertz CT molecular complexity index is 251. The Hall–Kier alpha value is -1.08. The molecule has 1 aliphatic rings. The molecular weight excluding hydrogens is 178 g/mol. The highest BCUT2D eigenvalue weighted by molar-refractivity contribution is 5.86. The van der Waals surface area contributed by atoms with E-state index < -0.39 is 5.54 Å². The van der Waals surface area contributed by atoms with Crippen molar-refractivity contribution in [2.24, 2.45) is 11.7 Å². The predicted molar refractivity (Wildman–Crippen MR) is 53.2 cm³/mol. The standard InChI is InChI=1S/C10H17N3O/c1-8(6-11)7-13-9(14)10(12)4-2-3-5-10/h8H,2-5,7,12H2,1H3,(H,13,14). The number of carbonyl (C=O) groups is 1. The number of nitrogens with one attached hydrogen (secondary N) is 1. The summed E-state index contributed by atoms with van der Waals surface area (Å²) in [5.41, 5.74) is 5.26. The summed E-state index contributed by atoms with van der Waals surface area (Å²) in [6.45, 7) is 2.17. The smallest absolute Gasteiger partial charge is 0.240 e. The molecule has 78 valence electrons. The van der Waals surface area contributed by atoms with Gasteiger partial charge in [0.1, 0.15) is 0 Å². The van der Waals surface area contributed by atoms with Gasteiger partial charge in [-0.15, -0.1) is 0 Å². The molecule has 0 aromatic carbocycles. The lowest BCUT2D eigenvalue weighted by Gasteiger charge is -2.22. The largest absolute Gasteiger partial charge is 0.353 e. The maximum atomic E-state index is 11.6. The van der Waals surface area contributed by atoms with Crippen LogP contribution in [0.15, 0.2) is 0 Å². The van der Waals surface area contributed by atoms with E-state index >= 15 is 0 Å². The normalized spacial score (nSPS) is 21.2. The fourth-order valence-electron chi connectivity index (χ4n) is 1.70. The zero-order valence-corrected chi connectivity index (χ0v) is 8.55. The molecule has 0 radical (unpaired) electrons. The Balaban J connectivity index is 2.38. The van der Waals surface area contributed by atoms with Gasteiger partial charge in [-0.3, -0.25) is 4.79 Å². The van der Waals surface area contributed by atoms with Crippen molar-refractivity contribution in [3.63, 3.8) is 0 Å². The number of nitrogens with zero attached hydrogens (tertiary/aromatic N) is 1. The van der Waals surface area contributed by atoms with Gasteiger partial charge in [0.15, 0.2) is 0 Å². The molecule has 0 aliphatic heterocycles. The van der Waals surface area contributed by atoms with Gasteiger partial charge in [0.05, 0.1) is 17.5 Å². The summed E-state index contributed by atoms with van der Waals surface area (Å²) in [6.07, 6.45) is 3.58. The van der Waals surface area contributed by atoms with Gasteiger partial charge in [-0.1, -0.05) is 12.8 Å². The third-order valence-electron chi connectivity index (χ3n) is 2.74. The summed E-state index contributed by atoms with van der Waals surface area (Å²) in [5, 5.41) is 11.3. The van der Waals surface area contributed by atoms with E-state index in [4.69, 9.17) is 11.0 Å². The van der Waals surface area contributed by atoms with E-state index in [-0.39, 0.29) is 11.8 Å². The van der Waals surface area contributed by atoms with Crippen LogP contribution in [0.1, 0.15) is 32.6 Å². The van der Waals surface area contributed by atoms with E-state index in [1.54, 1.807) is 6.92 Å². The lowest BCUT2D eigenvalue weighted by atomic mass is 9.98. The first-order valence-electron chi connectivity index (χ1n) is 5.05. The number of carbonyl (C=O) groups excluding carboxylic acids is 1. The molecule has 1 aliphatic carbocycles. The molecule has 3 N–H and O–H groups in total. The number of hydrogen-bond acceptors (Lipinski definition) is 3. The molecule has 1 atom stereocenters. The second-order valence-electron chi connectivity index (χ2n) is 4.10. The van der Waals surface area contributed by atoms with Crippen molar-refractivity contribution in [1.82, 2.24) is 5.32 Å². The van der Waals surface area contributed by atoms with E-state index in [1.165, 1.54) is 0 Å². The minimum Gasteiger partial charge on any atom is -0.353 e. The molecule has 0 aromatic rings. The SMILES string of the molecule is CC(C#N)CNC(=O)C1(N)CCCC1. The Morgan fingerprint density at radius 2 is 2.21 bits per heavy atom. The number of amides is 1. The highest BCUT2D eigenvalue weighted by Gasteiger charge is 2.36. The minimum atomic E-state index is -0.671. The van der Waals surface area contributed by atoms with Crippen LogP contribution in [0.5, 0.6) is 0 Å². The maximum absolute atomic E-state index is 11.6. The average molecular weight is 195 g/mol. The second kappa shape index (κ2) is 4.43. The van der Waals surface area contributed by atoms with Crippen LogP contribution >= 0.6 is 0 Å². The fourth-order valence-corrected chi connectivity index (χ4v) is 1.70. The van der Waals surface area contributed by atoms with Gasteiger partial charge >= 0.3 is 0 Å². The molecule has 0 spiro atoms. The van der Waals surface area contributed by atoms with Crippen LogP contribution in [0.25, 0.3) is 0 Å². The quantitative estimate of drug-likeness (QED) is 0.689. The van der Waals surface area contributed by atoms with Crippen molar-refractivity contribution in [2.75, 3.05) is 6.54 Å². The van der Waals surface area contributed by atoms with Gasteiger partial charge in [-0.05, 0) is 19.8 Å². The van der Waals surface area contributed by atoms with Crippen LogP contribution in [-0.4, -0.2) is 18.0 Å². The van der Waals surface area contributed by atoms with Crippen LogP contribution in [0, 0.1) is 17.2 Å². The first kappa shape index (κ1) is 11.0. The van der Waals surface area contributed by atoms with Gasteiger partial charge in [0.25, 0.3) is 0 Å². The number of nitrogens with two attached hydrogens (primary N) is 1. The summed E-state index contributed by atoms with van der Waals surface area (Å²) in [4.78, 5) is 11.6. The predicted octanol–water partition coefficient (Wildman–Crippen LogP) is 0.534. The van der Waals surface area contributed by atoms with Gasteiger partial charge < -0.3 is 11.1 Å². The van der Waals surface area contributed by atoms with Crippen molar-refractivity contribution in [2.45, 2.75) is 38.1 Å². The van der Waals surface area contributed by atoms with Crippen LogP contribution < -0.4 is 11.1 Å². The fraction of sp³-hybridized carbons (Fsp3) is 0.800. The molecule has 14 heavy (non-hydrogen) atoms. The molecule has 0 heterocycles. The zero-order chi connectivity index (χ0) is 10.6. The van der Waals surface area contributed by atoms with Crippen LogP contribution in [-0.2, 0) is 4.79 Å². The van der Waals surface area contributed by atoms with Gasteiger partial charge in [-0.25, -0.2) is 0 Å². The van der Waals surface area contributed by atoms with Crippen LogP contribution in [0.2, 0.25) is 0 Å². The summed E-state index contributed by atoms with van der Waals surface area (Å²) in [6, 6.07) is 2.07. The number of hydrogen-bond donors (Lipinski definition) is 2. The third kappa shape index (κ3) is 2.46. The molecule has 1 saturated carbocycles. The van der Waals surface area contributed by atoms with E-state index in [9.17, 15) is 4.79 Å². The molecule has 1 unspecified atom stereocenters. The zero-order valence-electron chi connectivity index (χ0n) is 8.55. The lowest BCUT2D eigenvalue weighted by Crippen LogP contribution is -2.52. The van der Waals surface area contributed by atoms with Crippen molar-refractivity contribution in [3.8, 4) is 6.07 Å². The Labute approximate surface area is 84.5 Å². The summed E-state index contributed by atoms with van der Waals surface area (Å²) in [7, 11) is 0. The molecule has 0 aromatic heterocycles. The highest BCUT2D eigenvalue weighted by Crippen LogP contribution is 2.27. The molecule has 4 heteroatoms. The summed E-state index contributed by atoms with van der Waals surface area (Å²) < 4.78 is 0. The molecule has 0 saturated heterocycles. The van der Waals surface area contributed by atoms with Crippen molar-refractivity contribution in [1.29, 1.82) is 5.26 Å². The Morgan fingerprint density at radius 1 is 1.64 bits per heavy atom. The lowest BCUT2D eigenvalue weighted by molar-refractivity contribution is -0.126. The van der Waals surface area contributed by atoms with Crippen molar-refractivity contribution >= 4 is 5.91 Å². The molecule has 1 fully saturated rings. The molecule has 1 rings (SSSR count). The average Bonchev–Trinajstić information content (AvgIpc) is 2.62. The van der Waals surface area contributed by atoms with Crippen LogP contribution in [0.4, 0.5) is 0 Å². The number of nitriles is 1. The van der Waals surface area contributed by atoms with Crippen LogP contribution in [0.3, 0.4) is 0 Å². The summed E-state index contributed by atoms with van der Waals surface area (Å²) >= 11 is 0. The van der Waals surface area contributed by atoms with E-state index in [0.29, 0.717) is 6.54 Å². The van der Waals surface area contributed by atoms with Gasteiger partial charge in [0.2, 0.25) is 5.91 Å². The van der Waals surface area contributed by atoms with Gasteiger partial charge in [0, 0.05) is 6.54 Å². The van der Waals surface area contributed by atoms with Crippen molar-refractivity contribution in [3.05, 3.63) is 0 Å². The minimum absolute atomic E-state index is 0.0999. The third-order valence-corrected chi connectivity index (χ3v) is 2.74. The molecule has 1 amide bonds. The first-order chi connectivity index (χ1) is 6.58. The second-order valence-corrected chi connectivity index (χ2v) is 4.10. The Kier molecular flexibility index (Phi) is 3.48. The summed E-state index contributed by atoms with van der Waals surface area (Å²) in [5.74, 6) is -0.249. The molecular formula is C10H17N3O. The topological polar surface area (TPSA) is 78.9 Å². The van der Waals surface area contributed by atoms with E-state index in [1.807, 2.05) is 0 Å². The van der Waals surface area contributed by atoms with E-state index in [0.717, 1.165) is 25.7 Å². The van der Waals surface area contributed by atoms with Crippen molar-refractivity contribution < 1.29 is 4.79 Å². The Morgan fingerprint density at radius 3 is 2.71 bits per heavy atom. The molecule has 4 nitrogen and oxygen atoms in total. The maximum Gasteiger partial charge on any atom is 0.240 e. The van der Waals surface area contributed by atoms with E-state index in [2.05, 4.69) is 11.4 Å². The first-order valence-corrected chi connectivity index (χ1v) is 5.05.